The van der Waals surface area contributed by atoms with Crippen LogP contribution in [0, 0.1) is 11.6 Å². The van der Waals surface area contributed by atoms with Gasteiger partial charge in [-0.3, -0.25) is 4.79 Å². The van der Waals surface area contributed by atoms with Gasteiger partial charge < -0.3 is 11.1 Å². The molecule has 18 heavy (non-hydrogen) atoms. The van der Waals surface area contributed by atoms with Crippen LogP contribution in [-0.4, -0.2) is 19.0 Å². The highest BCUT2D eigenvalue weighted by molar-refractivity contribution is 5.94. The van der Waals surface area contributed by atoms with Gasteiger partial charge in [-0.15, -0.1) is 0 Å². The van der Waals surface area contributed by atoms with Gasteiger partial charge in [-0.1, -0.05) is 12.8 Å². The van der Waals surface area contributed by atoms with Crippen molar-refractivity contribution in [2.45, 2.75) is 25.7 Å². The van der Waals surface area contributed by atoms with E-state index in [1.165, 1.54) is 0 Å². The minimum atomic E-state index is -0.747. The molecule has 1 amide bonds. The highest BCUT2D eigenvalue weighted by Crippen LogP contribution is 2.07. The molecule has 1 aromatic rings. The van der Waals surface area contributed by atoms with E-state index in [0.717, 1.165) is 43.9 Å². The van der Waals surface area contributed by atoms with Crippen LogP contribution in [0.2, 0.25) is 0 Å². The summed E-state index contributed by atoms with van der Waals surface area (Å²) in [6, 6.07) is 2.78. The van der Waals surface area contributed by atoms with Gasteiger partial charge in [0.15, 0.2) is 0 Å². The molecule has 0 aliphatic carbocycles. The van der Waals surface area contributed by atoms with Gasteiger partial charge in [0.1, 0.15) is 11.6 Å². The Morgan fingerprint density at radius 1 is 1.06 bits per heavy atom. The molecule has 0 heterocycles. The van der Waals surface area contributed by atoms with Crippen LogP contribution in [0.3, 0.4) is 0 Å². The summed E-state index contributed by atoms with van der Waals surface area (Å²) in [4.78, 5) is 11.6. The summed E-state index contributed by atoms with van der Waals surface area (Å²) in [7, 11) is 0. The molecule has 100 valence electrons. The highest BCUT2D eigenvalue weighted by atomic mass is 19.1. The first-order valence-corrected chi connectivity index (χ1v) is 6.08. The molecule has 0 unspecified atom stereocenters. The molecule has 0 saturated carbocycles. The Bertz CT molecular complexity index is 376. The number of rotatable bonds is 7. The van der Waals surface area contributed by atoms with Crippen LogP contribution in [0.1, 0.15) is 36.0 Å². The van der Waals surface area contributed by atoms with Crippen molar-refractivity contribution in [3.05, 3.63) is 35.4 Å². The smallest absolute Gasteiger partial charge is 0.251 e. The summed E-state index contributed by atoms with van der Waals surface area (Å²) in [5, 5.41) is 2.63. The SMILES string of the molecule is NCCCCCCNC(=O)c1cc(F)cc(F)c1. The number of hydrogen-bond donors (Lipinski definition) is 2. The Morgan fingerprint density at radius 2 is 1.67 bits per heavy atom. The average Bonchev–Trinajstić information content (AvgIpc) is 2.32. The van der Waals surface area contributed by atoms with E-state index in [0.29, 0.717) is 13.1 Å². The molecule has 1 rings (SSSR count). The first-order valence-electron chi connectivity index (χ1n) is 6.08. The third kappa shape index (κ3) is 5.23. The van der Waals surface area contributed by atoms with Crippen LogP contribution in [0.25, 0.3) is 0 Å². The minimum absolute atomic E-state index is 0.00876. The van der Waals surface area contributed by atoms with E-state index in [1.807, 2.05) is 0 Å². The van der Waals surface area contributed by atoms with Gasteiger partial charge in [0.05, 0.1) is 0 Å². The zero-order valence-corrected chi connectivity index (χ0v) is 10.2. The Labute approximate surface area is 105 Å². The van der Waals surface area contributed by atoms with Crippen molar-refractivity contribution >= 4 is 5.91 Å². The molecule has 1 aromatic carbocycles. The van der Waals surface area contributed by atoms with E-state index in [1.54, 1.807) is 0 Å². The molecule has 0 fully saturated rings. The maximum absolute atomic E-state index is 12.9. The zero-order chi connectivity index (χ0) is 13.4. The third-order valence-electron chi connectivity index (χ3n) is 2.54. The lowest BCUT2D eigenvalue weighted by Gasteiger charge is -2.05. The Morgan fingerprint density at radius 3 is 2.28 bits per heavy atom. The fraction of sp³-hybridized carbons (Fsp3) is 0.462. The normalized spacial score (nSPS) is 10.4. The number of hydrogen-bond acceptors (Lipinski definition) is 2. The third-order valence-corrected chi connectivity index (χ3v) is 2.54. The highest BCUT2D eigenvalue weighted by Gasteiger charge is 2.08. The predicted octanol–water partition coefficient (Wildman–Crippen LogP) is 2.21. The van der Waals surface area contributed by atoms with E-state index >= 15 is 0 Å². The Kier molecular flexibility index (Phi) is 6.28. The number of halogens is 2. The van der Waals surface area contributed by atoms with Crippen molar-refractivity contribution in [3.63, 3.8) is 0 Å². The van der Waals surface area contributed by atoms with Gasteiger partial charge >= 0.3 is 0 Å². The number of carbonyl (C=O) groups is 1. The van der Waals surface area contributed by atoms with Crippen molar-refractivity contribution in [3.8, 4) is 0 Å². The Hall–Kier alpha value is -1.49. The summed E-state index contributed by atoms with van der Waals surface area (Å²) >= 11 is 0. The van der Waals surface area contributed by atoms with E-state index in [-0.39, 0.29) is 5.56 Å². The average molecular weight is 256 g/mol. The fourth-order valence-corrected chi connectivity index (χ4v) is 1.61. The predicted molar refractivity (Wildman–Crippen MR) is 66.2 cm³/mol. The second-order valence-corrected chi connectivity index (χ2v) is 4.12. The lowest BCUT2D eigenvalue weighted by Crippen LogP contribution is -2.24. The Balaban J connectivity index is 2.32. The fourth-order valence-electron chi connectivity index (χ4n) is 1.61. The molecule has 0 bridgehead atoms. The van der Waals surface area contributed by atoms with Gasteiger partial charge in [0.2, 0.25) is 0 Å². The molecule has 0 aliphatic rings. The zero-order valence-electron chi connectivity index (χ0n) is 10.2. The van der Waals surface area contributed by atoms with E-state index in [9.17, 15) is 13.6 Å². The van der Waals surface area contributed by atoms with Crippen molar-refractivity contribution < 1.29 is 13.6 Å². The number of nitrogens with two attached hydrogens (primary N) is 1. The lowest BCUT2D eigenvalue weighted by molar-refractivity contribution is 0.0952. The first kappa shape index (κ1) is 14.6. The molecular formula is C13H18F2N2O. The molecule has 0 saturated heterocycles. The van der Waals surface area contributed by atoms with Crippen LogP contribution in [0.4, 0.5) is 8.78 Å². The maximum atomic E-state index is 12.9. The summed E-state index contributed by atoms with van der Waals surface area (Å²) in [6.07, 6.45) is 3.82. The van der Waals surface area contributed by atoms with Gasteiger partial charge in [0, 0.05) is 18.2 Å². The van der Waals surface area contributed by atoms with Gasteiger partial charge in [-0.25, -0.2) is 8.78 Å². The number of amides is 1. The second-order valence-electron chi connectivity index (χ2n) is 4.12. The molecule has 0 aromatic heterocycles. The topological polar surface area (TPSA) is 55.1 Å². The first-order chi connectivity index (χ1) is 8.63. The molecule has 0 aliphatic heterocycles. The standard InChI is InChI=1S/C13H18F2N2O/c14-11-7-10(8-12(15)9-11)13(18)17-6-4-2-1-3-5-16/h7-9H,1-6,16H2,(H,17,18). The van der Waals surface area contributed by atoms with Crippen LogP contribution >= 0.6 is 0 Å². The molecule has 0 spiro atoms. The molecule has 0 radical (unpaired) electrons. The van der Waals surface area contributed by atoms with Crippen LogP contribution in [-0.2, 0) is 0 Å². The van der Waals surface area contributed by atoms with Crippen LogP contribution in [0.5, 0.6) is 0 Å². The van der Waals surface area contributed by atoms with Crippen molar-refractivity contribution in [2.24, 2.45) is 5.73 Å². The summed E-state index contributed by atoms with van der Waals surface area (Å²) in [6.45, 7) is 1.18. The van der Waals surface area contributed by atoms with Crippen molar-refractivity contribution in [1.29, 1.82) is 0 Å². The second kappa shape index (κ2) is 7.76. The molecule has 0 atom stereocenters. The number of benzene rings is 1. The van der Waals surface area contributed by atoms with E-state index in [2.05, 4.69) is 5.32 Å². The molecule has 3 N–H and O–H groups in total. The minimum Gasteiger partial charge on any atom is -0.352 e. The van der Waals surface area contributed by atoms with Crippen molar-refractivity contribution in [2.75, 3.05) is 13.1 Å². The molecule has 3 nitrogen and oxygen atoms in total. The largest absolute Gasteiger partial charge is 0.352 e. The quantitative estimate of drug-likeness (QED) is 0.735. The summed E-state index contributed by atoms with van der Waals surface area (Å²) in [5.41, 5.74) is 5.36. The van der Waals surface area contributed by atoms with Gasteiger partial charge in [-0.05, 0) is 31.5 Å². The summed E-state index contributed by atoms with van der Waals surface area (Å²) in [5.74, 6) is -1.95. The number of unbranched alkanes of at least 4 members (excludes halogenated alkanes) is 3. The molecular weight excluding hydrogens is 238 g/mol. The van der Waals surface area contributed by atoms with Crippen LogP contribution in [0.15, 0.2) is 18.2 Å². The van der Waals surface area contributed by atoms with Gasteiger partial charge in [-0.2, -0.15) is 0 Å². The maximum Gasteiger partial charge on any atom is 0.251 e. The summed E-state index contributed by atoms with van der Waals surface area (Å²) < 4.78 is 25.8. The van der Waals surface area contributed by atoms with E-state index in [4.69, 9.17) is 5.73 Å². The monoisotopic (exact) mass is 256 g/mol. The van der Waals surface area contributed by atoms with Gasteiger partial charge in [0.25, 0.3) is 5.91 Å². The molecule has 5 heteroatoms. The van der Waals surface area contributed by atoms with E-state index < -0.39 is 17.5 Å². The number of carbonyl (C=O) groups excluding carboxylic acids is 1. The van der Waals surface area contributed by atoms with Crippen molar-refractivity contribution in [1.82, 2.24) is 5.32 Å². The number of nitrogens with one attached hydrogen (secondary N) is 1. The van der Waals surface area contributed by atoms with Crippen LogP contribution < -0.4 is 11.1 Å². The lowest BCUT2D eigenvalue weighted by atomic mass is 10.1.